The van der Waals surface area contributed by atoms with Gasteiger partial charge in [0, 0.05) is 11.6 Å². The Bertz CT molecular complexity index is 451. The first-order valence-electron chi connectivity index (χ1n) is 6.11. The summed E-state index contributed by atoms with van der Waals surface area (Å²) < 4.78 is 0. The van der Waals surface area contributed by atoms with Crippen LogP contribution < -0.4 is 16.4 Å². The molecule has 3 amide bonds. The maximum Gasteiger partial charge on any atom is 0.312 e. The van der Waals surface area contributed by atoms with Crippen LogP contribution in [0.15, 0.2) is 24.3 Å². The highest BCUT2D eigenvalue weighted by Gasteiger charge is 2.18. The van der Waals surface area contributed by atoms with Crippen molar-refractivity contribution < 1.29 is 9.59 Å². The number of urea groups is 1. The normalized spacial score (nSPS) is 11.7. The summed E-state index contributed by atoms with van der Waals surface area (Å²) in [4.78, 5) is 22.8. The van der Waals surface area contributed by atoms with E-state index in [1.807, 2.05) is 25.1 Å². The largest absolute Gasteiger partial charge is 0.352 e. The Labute approximate surface area is 117 Å². The molecule has 1 aromatic carbocycles. The second kappa shape index (κ2) is 7.63. The lowest BCUT2D eigenvalue weighted by Crippen LogP contribution is -2.48. The van der Waals surface area contributed by atoms with Crippen molar-refractivity contribution in [3.8, 4) is 0 Å². The lowest BCUT2D eigenvalue weighted by molar-refractivity contribution is -0.123. The van der Waals surface area contributed by atoms with Gasteiger partial charge >= 0.3 is 6.03 Å². The molecule has 0 aromatic heterocycles. The van der Waals surface area contributed by atoms with E-state index < -0.39 is 12.1 Å². The van der Waals surface area contributed by atoms with E-state index in [0.29, 0.717) is 18.0 Å². The molecule has 0 radical (unpaired) electrons. The molecule has 0 heterocycles. The van der Waals surface area contributed by atoms with E-state index in [-0.39, 0.29) is 5.91 Å². The molecule has 0 spiro atoms. The number of rotatable bonds is 6. The van der Waals surface area contributed by atoms with Crippen LogP contribution in [-0.2, 0) is 11.3 Å². The first-order valence-corrected chi connectivity index (χ1v) is 6.49. The van der Waals surface area contributed by atoms with Crippen LogP contribution in [0.25, 0.3) is 0 Å². The highest BCUT2D eigenvalue weighted by molar-refractivity contribution is 6.31. The zero-order valence-corrected chi connectivity index (χ0v) is 11.5. The summed E-state index contributed by atoms with van der Waals surface area (Å²) >= 11 is 5.99. The first kappa shape index (κ1) is 15.3. The first-order chi connectivity index (χ1) is 9.04. The molecule has 0 aliphatic rings. The van der Waals surface area contributed by atoms with Gasteiger partial charge in [-0.15, -0.1) is 0 Å². The number of hydrogen-bond donors (Lipinski definition) is 3. The van der Waals surface area contributed by atoms with Gasteiger partial charge in [-0.05, 0) is 18.1 Å². The number of halogens is 1. The van der Waals surface area contributed by atoms with E-state index in [1.54, 1.807) is 6.07 Å². The van der Waals surface area contributed by atoms with E-state index in [0.717, 1.165) is 12.0 Å². The summed E-state index contributed by atoms with van der Waals surface area (Å²) in [6, 6.07) is 5.95. The number of nitrogens with two attached hydrogens (primary N) is 1. The quantitative estimate of drug-likeness (QED) is 0.744. The molecule has 0 fully saturated rings. The third-order valence-electron chi connectivity index (χ3n) is 2.62. The van der Waals surface area contributed by atoms with Gasteiger partial charge in [0.15, 0.2) is 0 Å². The summed E-state index contributed by atoms with van der Waals surface area (Å²) in [5.41, 5.74) is 5.87. The minimum absolute atomic E-state index is 0.263. The van der Waals surface area contributed by atoms with Crippen LogP contribution in [0.1, 0.15) is 25.3 Å². The van der Waals surface area contributed by atoms with Crippen LogP contribution in [0.3, 0.4) is 0 Å². The summed E-state index contributed by atoms with van der Waals surface area (Å²) in [5.74, 6) is -0.263. The zero-order valence-electron chi connectivity index (χ0n) is 10.8. The monoisotopic (exact) mass is 283 g/mol. The fourth-order valence-electron chi connectivity index (χ4n) is 1.68. The Hall–Kier alpha value is -1.75. The van der Waals surface area contributed by atoms with E-state index >= 15 is 0 Å². The molecule has 0 saturated carbocycles. The van der Waals surface area contributed by atoms with Gasteiger partial charge in [-0.1, -0.05) is 43.1 Å². The van der Waals surface area contributed by atoms with Crippen molar-refractivity contribution >= 4 is 23.5 Å². The van der Waals surface area contributed by atoms with Crippen LogP contribution in [0.4, 0.5) is 4.79 Å². The number of benzene rings is 1. The van der Waals surface area contributed by atoms with Crippen LogP contribution in [0.2, 0.25) is 5.02 Å². The third kappa shape index (κ3) is 5.18. The topological polar surface area (TPSA) is 84.2 Å². The minimum Gasteiger partial charge on any atom is -0.352 e. The molecule has 0 aliphatic heterocycles. The molecule has 0 saturated heterocycles. The van der Waals surface area contributed by atoms with Crippen LogP contribution in [-0.4, -0.2) is 18.0 Å². The molecule has 1 atom stereocenters. The molecule has 6 heteroatoms. The third-order valence-corrected chi connectivity index (χ3v) is 2.99. The molecular formula is C13H18ClN3O2. The van der Waals surface area contributed by atoms with Gasteiger partial charge in [-0.25, -0.2) is 4.79 Å². The molecule has 1 rings (SSSR count). The van der Waals surface area contributed by atoms with Gasteiger partial charge in [-0.3, -0.25) is 4.79 Å². The minimum atomic E-state index is -0.702. The lowest BCUT2D eigenvalue weighted by Gasteiger charge is -2.16. The van der Waals surface area contributed by atoms with Crippen molar-refractivity contribution in [3.05, 3.63) is 34.9 Å². The number of carbonyl (C=O) groups is 2. The van der Waals surface area contributed by atoms with Crippen LogP contribution in [0, 0.1) is 0 Å². The van der Waals surface area contributed by atoms with Crippen molar-refractivity contribution in [2.75, 3.05) is 0 Å². The van der Waals surface area contributed by atoms with Crippen molar-refractivity contribution in [1.82, 2.24) is 10.6 Å². The van der Waals surface area contributed by atoms with E-state index in [1.165, 1.54) is 0 Å². The number of carbonyl (C=O) groups excluding carboxylic acids is 2. The summed E-state index contributed by atoms with van der Waals surface area (Å²) in [6.45, 7) is 2.25. The summed E-state index contributed by atoms with van der Waals surface area (Å²) in [5, 5.41) is 5.76. The number of nitrogens with one attached hydrogen (secondary N) is 2. The predicted octanol–water partition coefficient (Wildman–Crippen LogP) is 1.79. The van der Waals surface area contributed by atoms with E-state index in [4.69, 9.17) is 17.3 Å². The molecule has 0 aliphatic carbocycles. The Morgan fingerprint density at radius 1 is 1.37 bits per heavy atom. The molecule has 4 N–H and O–H groups in total. The zero-order chi connectivity index (χ0) is 14.3. The number of amides is 3. The fraction of sp³-hybridized carbons (Fsp3) is 0.385. The second-order valence-electron chi connectivity index (χ2n) is 4.16. The molecule has 104 valence electrons. The van der Waals surface area contributed by atoms with Gasteiger partial charge < -0.3 is 16.4 Å². The number of primary amides is 1. The van der Waals surface area contributed by atoms with E-state index in [9.17, 15) is 9.59 Å². The van der Waals surface area contributed by atoms with E-state index in [2.05, 4.69) is 10.6 Å². The average molecular weight is 284 g/mol. The van der Waals surface area contributed by atoms with Gasteiger partial charge in [0.05, 0.1) is 0 Å². The SMILES string of the molecule is CCC[C@H](NC(N)=O)C(=O)NCc1ccccc1Cl. The molecule has 1 aromatic rings. The maximum absolute atomic E-state index is 11.9. The van der Waals surface area contributed by atoms with Gasteiger partial charge in [0.1, 0.15) is 6.04 Å². The maximum atomic E-state index is 11.9. The molecule has 19 heavy (non-hydrogen) atoms. The lowest BCUT2D eigenvalue weighted by atomic mass is 10.1. The molecular weight excluding hydrogens is 266 g/mol. The molecule has 0 unspecified atom stereocenters. The highest BCUT2D eigenvalue weighted by atomic mass is 35.5. The molecule has 5 nitrogen and oxygen atoms in total. The summed E-state index contributed by atoms with van der Waals surface area (Å²) in [7, 11) is 0. The second-order valence-corrected chi connectivity index (χ2v) is 4.57. The van der Waals surface area contributed by atoms with Gasteiger partial charge in [-0.2, -0.15) is 0 Å². The average Bonchev–Trinajstić information content (AvgIpc) is 2.36. The van der Waals surface area contributed by atoms with Crippen molar-refractivity contribution in [1.29, 1.82) is 0 Å². The van der Waals surface area contributed by atoms with Gasteiger partial charge in [0.25, 0.3) is 0 Å². The Morgan fingerprint density at radius 3 is 2.63 bits per heavy atom. The fourth-order valence-corrected chi connectivity index (χ4v) is 1.88. The smallest absolute Gasteiger partial charge is 0.312 e. The highest BCUT2D eigenvalue weighted by Crippen LogP contribution is 2.14. The Morgan fingerprint density at radius 2 is 2.05 bits per heavy atom. The van der Waals surface area contributed by atoms with Crippen molar-refractivity contribution in [3.63, 3.8) is 0 Å². The summed E-state index contributed by atoms with van der Waals surface area (Å²) in [6.07, 6.45) is 1.31. The number of hydrogen-bond acceptors (Lipinski definition) is 2. The Balaban J connectivity index is 2.57. The Kier molecular flexibility index (Phi) is 6.15. The van der Waals surface area contributed by atoms with Crippen LogP contribution in [0.5, 0.6) is 0 Å². The standard InChI is InChI=1S/C13H18ClN3O2/c1-2-5-11(17-13(15)19)12(18)16-8-9-6-3-4-7-10(9)14/h3-4,6-7,11H,2,5,8H2,1H3,(H,16,18)(H3,15,17,19)/t11-/m0/s1. The van der Waals surface area contributed by atoms with Crippen LogP contribution >= 0.6 is 11.6 Å². The predicted molar refractivity (Wildman–Crippen MR) is 74.7 cm³/mol. The van der Waals surface area contributed by atoms with Gasteiger partial charge in [0.2, 0.25) is 5.91 Å². The van der Waals surface area contributed by atoms with Crippen molar-refractivity contribution in [2.45, 2.75) is 32.4 Å². The molecule has 0 bridgehead atoms. The van der Waals surface area contributed by atoms with Crippen molar-refractivity contribution in [2.24, 2.45) is 5.73 Å².